The van der Waals surface area contributed by atoms with E-state index in [9.17, 15) is 5.11 Å². The highest BCUT2D eigenvalue weighted by Crippen LogP contribution is 2.34. The number of benzene rings is 1. The van der Waals surface area contributed by atoms with E-state index in [-0.39, 0.29) is 0 Å². The van der Waals surface area contributed by atoms with Crippen LogP contribution in [0.4, 0.5) is 0 Å². The number of hydrogen-bond acceptors (Lipinski definition) is 1. The smallest absolute Gasteiger partial charge is 0.118 e. The molecule has 1 nitrogen and oxygen atoms in total. The molecule has 0 aliphatic carbocycles. The zero-order valence-corrected chi connectivity index (χ0v) is 9.89. The van der Waals surface area contributed by atoms with E-state index in [1.807, 2.05) is 13.0 Å². The summed E-state index contributed by atoms with van der Waals surface area (Å²) in [7, 11) is 0. The first kappa shape index (κ1) is 11.4. The summed E-state index contributed by atoms with van der Waals surface area (Å²) in [5.74, 6) is 1.22. The Morgan fingerprint density at radius 3 is 2.29 bits per heavy atom. The van der Waals surface area contributed by atoms with Crippen LogP contribution in [0, 0.1) is 12.8 Å². The summed E-state index contributed by atoms with van der Waals surface area (Å²) in [6, 6.07) is 3.60. The van der Waals surface area contributed by atoms with Crippen molar-refractivity contribution in [2.75, 3.05) is 0 Å². The van der Waals surface area contributed by atoms with Crippen LogP contribution in [0.2, 0.25) is 5.02 Å². The number of phenolic OH excluding ortho intramolecular Hbond substituents is 1. The lowest BCUT2D eigenvalue weighted by atomic mass is 9.89. The Morgan fingerprint density at radius 1 is 1.21 bits per heavy atom. The van der Waals surface area contributed by atoms with E-state index >= 15 is 0 Å². The molecular weight excluding hydrogens is 196 g/mol. The SMILES string of the molecule is Cc1cc(Cl)c(C(C)C(C)C)cc1O. The van der Waals surface area contributed by atoms with Gasteiger partial charge in [-0.1, -0.05) is 32.4 Å². The van der Waals surface area contributed by atoms with Crippen molar-refractivity contribution in [2.45, 2.75) is 33.6 Å². The van der Waals surface area contributed by atoms with Crippen LogP contribution in [-0.4, -0.2) is 5.11 Å². The van der Waals surface area contributed by atoms with E-state index in [1.165, 1.54) is 0 Å². The van der Waals surface area contributed by atoms with Crippen LogP contribution in [0.1, 0.15) is 37.8 Å². The summed E-state index contributed by atoms with van der Waals surface area (Å²) in [4.78, 5) is 0. The fourth-order valence-electron chi connectivity index (χ4n) is 1.39. The molecule has 1 unspecified atom stereocenters. The Bertz CT molecular complexity index is 331. The Morgan fingerprint density at radius 2 is 1.79 bits per heavy atom. The molecule has 0 fully saturated rings. The van der Waals surface area contributed by atoms with Crippen molar-refractivity contribution in [3.8, 4) is 5.75 Å². The van der Waals surface area contributed by atoms with Crippen molar-refractivity contribution in [1.82, 2.24) is 0 Å². The average molecular weight is 213 g/mol. The van der Waals surface area contributed by atoms with Gasteiger partial charge in [0.05, 0.1) is 0 Å². The van der Waals surface area contributed by atoms with Gasteiger partial charge in [-0.05, 0) is 42.0 Å². The number of hydrogen-bond donors (Lipinski definition) is 1. The lowest BCUT2D eigenvalue weighted by molar-refractivity contribution is 0.466. The molecule has 1 rings (SSSR count). The van der Waals surface area contributed by atoms with Crippen LogP contribution >= 0.6 is 11.6 Å². The lowest BCUT2D eigenvalue weighted by Gasteiger charge is -2.18. The zero-order chi connectivity index (χ0) is 10.9. The second kappa shape index (κ2) is 4.22. The third kappa shape index (κ3) is 2.21. The van der Waals surface area contributed by atoms with Crippen molar-refractivity contribution in [2.24, 2.45) is 5.92 Å². The number of aryl methyl sites for hydroxylation is 1. The minimum absolute atomic E-state index is 0.330. The largest absolute Gasteiger partial charge is 0.508 e. The van der Waals surface area contributed by atoms with E-state index in [4.69, 9.17) is 11.6 Å². The second-order valence-corrected chi connectivity index (χ2v) is 4.60. The first-order valence-corrected chi connectivity index (χ1v) is 5.30. The molecule has 1 N–H and O–H groups in total. The van der Waals surface area contributed by atoms with Gasteiger partial charge in [-0.2, -0.15) is 0 Å². The van der Waals surface area contributed by atoms with Crippen molar-refractivity contribution >= 4 is 11.6 Å². The quantitative estimate of drug-likeness (QED) is 0.782. The molecule has 14 heavy (non-hydrogen) atoms. The molecule has 1 aromatic rings. The molecule has 0 saturated carbocycles. The van der Waals surface area contributed by atoms with Gasteiger partial charge in [0.2, 0.25) is 0 Å². The predicted molar refractivity (Wildman–Crippen MR) is 61.1 cm³/mol. The monoisotopic (exact) mass is 212 g/mol. The van der Waals surface area contributed by atoms with Crippen molar-refractivity contribution in [1.29, 1.82) is 0 Å². The highest BCUT2D eigenvalue weighted by Gasteiger charge is 2.15. The van der Waals surface area contributed by atoms with E-state index in [1.54, 1.807) is 6.07 Å². The van der Waals surface area contributed by atoms with Crippen molar-refractivity contribution < 1.29 is 5.11 Å². The van der Waals surface area contributed by atoms with Crippen molar-refractivity contribution in [3.63, 3.8) is 0 Å². The minimum Gasteiger partial charge on any atom is -0.508 e. The van der Waals surface area contributed by atoms with Crippen LogP contribution in [0.25, 0.3) is 0 Å². The number of phenols is 1. The molecular formula is C12H17ClO. The van der Waals surface area contributed by atoms with Crippen LogP contribution in [0.5, 0.6) is 5.75 Å². The first-order chi connectivity index (χ1) is 6.43. The maximum Gasteiger partial charge on any atom is 0.118 e. The molecule has 0 spiro atoms. The molecule has 0 amide bonds. The first-order valence-electron chi connectivity index (χ1n) is 4.92. The third-order valence-corrected chi connectivity index (χ3v) is 3.13. The molecule has 0 aliphatic heterocycles. The molecule has 0 aliphatic rings. The molecule has 0 aromatic heterocycles. The topological polar surface area (TPSA) is 20.2 Å². The lowest BCUT2D eigenvalue weighted by Crippen LogP contribution is -2.02. The summed E-state index contributed by atoms with van der Waals surface area (Å²) in [6.07, 6.45) is 0. The minimum atomic E-state index is 0.330. The van der Waals surface area contributed by atoms with Gasteiger partial charge in [-0.25, -0.2) is 0 Å². The summed E-state index contributed by atoms with van der Waals surface area (Å²) in [5, 5.41) is 10.3. The van der Waals surface area contributed by atoms with Gasteiger partial charge in [0.15, 0.2) is 0 Å². The number of aromatic hydroxyl groups is 1. The van der Waals surface area contributed by atoms with E-state index in [0.29, 0.717) is 17.6 Å². The van der Waals surface area contributed by atoms with Crippen molar-refractivity contribution in [3.05, 3.63) is 28.3 Å². The third-order valence-electron chi connectivity index (χ3n) is 2.81. The molecule has 1 aromatic carbocycles. The van der Waals surface area contributed by atoms with E-state index < -0.39 is 0 Å². The highest BCUT2D eigenvalue weighted by molar-refractivity contribution is 6.31. The molecule has 1 atom stereocenters. The number of halogens is 1. The Kier molecular flexibility index (Phi) is 3.43. The molecule has 78 valence electrons. The normalized spacial score (nSPS) is 13.3. The molecule has 0 heterocycles. The van der Waals surface area contributed by atoms with Gasteiger partial charge in [0, 0.05) is 5.02 Å². The van der Waals surface area contributed by atoms with E-state index in [2.05, 4.69) is 20.8 Å². The van der Waals surface area contributed by atoms with Gasteiger partial charge in [-0.3, -0.25) is 0 Å². The number of rotatable bonds is 2. The summed E-state index contributed by atoms with van der Waals surface area (Å²) >= 11 is 6.13. The predicted octanol–water partition coefficient (Wildman–Crippen LogP) is 4.11. The van der Waals surface area contributed by atoms with Crippen LogP contribution in [0.15, 0.2) is 12.1 Å². The van der Waals surface area contributed by atoms with Crippen LogP contribution < -0.4 is 0 Å². The van der Waals surface area contributed by atoms with Gasteiger partial charge in [0.25, 0.3) is 0 Å². The molecule has 2 heteroatoms. The van der Waals surface area contributed by atoms with Gasteiger partial charge < -0.3 is 5.11 Å². The zero-order valence-electron chi connectivity index (χ0n) is 9.13. The summed E-state index contributed by atoms with van der Waals surface area (Å²) in [5.41, 5.74) is 1.86. The van der Waals surface area contributed by atoms with Gasteiger partial charge in [0.1, 0.15) is 5.75 Å². The second-order valence-electron chi connectivity index (χ2n) is 4.19. The van der Waals surface area contributed by atoms with Crippen LogP contribution in [0.3, 0.4) is 0 Å². The average Bonchev–Trinajstić information content (AvgIpc) is 2.10. The fourth-order valence-corrected chi connectivity index (χ4v) is 1.78. The van der Waals surface area contributed by atoms with Crippen LogP contribution in [-0.2, 0) is 0 Å². The Hall–Kier alpha value is -0.690. The highest BCUT2D eigenvalue weighted by atomic mass is 35.5. The molecule has 0 bridgehead atoms. The summed E-state index contributed by atoms with van der Waals surface area (Å²) in [6.45, 7) is 8.28. The fraction of sp³-hybridized carbons (Fsp3) is 0.500. The van der Waals surface area contributed by atoms with E-state index in [0.717, 1.165) is 16.1 Å². The standard InChI is InChI=1S/C12H17ClO/c1-7(2)9(4)10-6-12(14)8(3)5-11(10)13/h5-7,9,14H,1-4H3. The maximum atomic E-state index is 9.60. The van der Waals surface area contributed by atoms with Gasteiger partial charge in [-0.15, -0.1) is 0 Å². The Balaban J connectivity index is 3.15. The molecule has 0 radical (unpaired) electrons. The molecule has 0 saturated heterocycles. The maximum absolute atomic E-state index is 9.60. The van der Waals surface area contributed by atoms with Gasteiger partial charge >= 0.3 is 0 Å². The Labute approximate surface area is 90.7 Å². The summed E-state index contributed by atoms with van der Waals surface area (Å²) < 4.78 is 0.